The number of halogens is 4. The van der Waals surface area contributed by atoms with Crippen molar-refractivity contribution >= 4 is 11.6 Å². The molecule has 1 heterocycles. The fraction of sp³-hybridized carbons (Fsp3) is 0.300. The van der Waals surface area contributed by atoms with Crippen molar-refractivity contribution in [1.29, 1.82) is 0 Å². The summed E-state index contributed by atoms with van der Waals surface area (Å²) in [6, 6.07) is 2.37. The molecule has 0 radical (unpaired) electrons. The van der Waals surface area contributed by atoms with Crippen molar-refractivity contribution in [2.75, 3.05) is 0 Å². The summed E-state index contributed by atoms with van der Waals surface area (Å²) in [7, 11) is 0. The summed E-state index contributed by atoms with van der Waals surface area (Å²) in [5.41, 5.74) is 4.84. The van der Waals surface area contributed by atoms with Gasteiger partial charge in [0.2, 0.25) is 0 Å². The third kappa shape index (κ3) is 2.69. The molecule has 0 aliphatic heterocycles. The second-order valence-corrected chi connectivity index (χ2v) is 4.31. The van der Waals surface area contributed by atoms with Crippen LogP contribution in [0.5, 0.6) is 0 Å². The van der Waals surface area contributed by atoms with Gasteiger partial charge in [-0.15, -0.1) is 5.10 Å². The second kappa shape index (κ2) is 4.78. The Morgan fingerprint density at radius 1 is 1.37 bits per heavy atom. The molecule has 1 aromatic carbocycles. The first kappa shape index (κ1) is 13.8. The first-order valence-corrected chi connectivity index (χ1v) is 5.59. The molecule has 2 rings (SSSR count). The average Bonchev–Trinajstić information content (AvgIpc) is 2.76. The van der Waals surface area contributed by atoms with Crippen LogP contribution in [0, 0.1) is 0 Å². The first-order chi connectivity index (χ1) is 8.80. The summed E-state index contributed by atoms with van der Waals surface area (Å²) in [4.78, 5) is 0. The maximum Gasteiger partial charge on any atom is 0.416 e. The summed E-state index contributed by atoms with van der Waals surface area (Å²) < 4.78 is 39.1. The van der Waals surface area contributed by atoms with E-state index in [1.165, 1.54) is 0 Å². The van der Waals surface area contributed by atoms with Gasteiger partial charge in [0, 0.05) is 0 Å². The topological polar surface area (TPSA) is 69.6 Å². The molecular weight excluding hydrogens is 283 g/mol. The summed E-state index contributed by atoms with van der Waals surface area (Å²) in [5, 5.41) is 10.8. The molecule has 19 heavy (non-hydrogen) atoms. The average molecular weight is 292 g/mol. The van der Waals surface area contributed by atoms with Crippen LogP contribution in [0.15, 0.2) is 18.2 Å². The first-order valence-electron chi connectivity index (χ1n) is 5.21. The van der Waals surface area contributed by atoms with E-state index in [9.17, 15) is 13.2 Å². The van der Waals surface area contributed by atoms with E-state index in [1.807, 2.05) is 0 Å². The number of nitrogens with zero attached hydrogens (tertiary/aromatic N) is 4. The molecule has 1 atom stereocenters. The van der Waals surface area contributed by atoms with Gasteiger partial charge in [0.05, 0.1) is 22.3 Å². The third-order valence-electron chi connectivity index (χ3n) is 2.40. The highest BCUT2D eigenvalue weighted by atomic mass is 35.5. The molecule has 0 aliphatic carbocycles. The molecule has 2 aromatic rings. The maximum atomic E-state index is 12.7. The lowest BCUT2D eigenvalue weighted by Crippen LogP contribution is -2.14. The number of hydrogen-bond acceptors (Lipinski definition) is 4. The van der Waals surface area contributed by atoms with Gasteiger partial charge < -0.3 is 5.73 Å². The van der Waals surface area contributed by atoms with Crippen molar-refractivity contribution in [3.8, 4) is 5.69 Å². The molecule has 0 amide bonds. The zero-order valence-electron chi connectivity index (χ0n) is 9.69. The molecule has 9 heteroatoms. The highest BCUT2D eigenvalue weighted by molar-refractivity contribution is 6.32. The lowest BCUT2D eigenvalue weighted by atomic mass is 10.2. The van der Waals surface area contributed by atoms with Gasteiger partial charge in [-0.2, -0.15) is 17.9 Å². The van der Waals surface area contributed by atoms with Gasteiger partial charge in [-0.25, -0.2) is 0 Å². The summed E-state index contributed by atoms with van der Waals surface area (Å²) >= 11 is 5.89. The molecule has 0 bridgehead atoms. The number of tetrazole rings is 1. The van der Waals surface area contributed by atoms with Gasteiger partial charge in [0.15, 0.2) is 5.82 Å². The molecule has 102 valence electrons. The predicted molar refractivity (Wildman–Crippen MR) is 61.8 cm³/mol. The minimum Gasteiger partial charge on any atom is -0.321 e. The molecule has 1 aromatic heterocycles. The Balaban J connectivity index is 2.58. The van der Waals surface area contributed by atoms with Gasteiger partial charge in [0.25, 0.3) is 0 Å². The van der Waals surface area contributed by atoms with Crippen LogP contribution in [0.2, 0.25) is 5.02 Å². The lowest BCUT2D eigenvalue weighted by molar-refractivity contribution is -0.137. The second-order valence-electron chi connectivity index (χ2n) is 3.90. The van der Waals surface area contributed by atoms with E-state index in [-0.39, 0.29) is 16.5 Å². The van der Waals surface area contributed by atoms with Crippen molar-refractivity contribution in [2.45, 2.75) is 19.1 Å². The molecule has 0 spiro atoms. The molecule has 1 unspecified atom stereocenters. The van der Waals surface area contributed by atoms with Gasteiger partial charge in [-0.3, -0.25) is 0 Å². The number of benzene rings is 1. The Labute approximate surface area is 111 Å². The van der Waals surface area contributed by atoms with E-state index in [1.54, 1.807) is 6.92 Å². The van der Waals surface area contributed by atoms with Gasteiger partial charge in [0.1, 0.15) is 0 Å². The largest absolute Gasteiger partial charge is 0.416 e. The number of nitrogens with two attached hydrogens (primary N) is 1. The van der Waals surface area contributed by atoms with Crippen LogP contribution in [0.4, 0.5) is 13.2 Å². The minimum absolute atomic E-state index is 0.0359. The Kier molecular flexibility index (Phi) is 3.46. The summed E-state index contributed by atoms with van der Waals surface area (Å²) in [6.07, 6.45) is -4.47. The molecular formula is C10H9ClF3N5. The number of rotatable bonds is 2. The fourth-order valence-corrected chi connectivity index (χ4v) is 1.70. The van der Waals surface area contributed by atoms with E-state index in [0.29, 0.717) is 0 Å². The molecule has 0 saturated heterocycles. The quantitative estimate of drug-likeness (QED) is 0.922. The van der Waals surface area contributed by atoms with Crippen molar-refractivity contribution < 1.29 is 13.2 Å². The van der Waals surface area contributed by atoms with Crippen molar-refractivity contribution in [3.63, 3.8) is 0 Å². The Morgan fingerprint density at radius 2 is 2.05 bits per heavy atom. The summed E-state index contributed by atoms with van der Waals surface area (Å²) in [5.74, 6) is 0.223. The van der Waals surface area contributed by atoms with Crippen LogP contribution < -0.4 is 5.73 Å². The highest BCUT2D eigenvalue weighted by Gasteiger charge is 2.31. The van der Waals surface area contributed by atoms with Crippen LogP contribution in [0.25, 0.3) is 5.69 Å². The fourth-order valence-electron chi connectivity index (χ4n) is 1.50. The molecule has 2 N–H and O–H groups in total. The van der Waals surface area contributed by atoms with Crippen molar-refractivity contribution in [3.05, 3.63) is 34.6 Å². The molecule has 5 nitrogen and oxygen atoms in total. The minimum atomic E-state index is -4.47. The van der Waals surface area contributed by atoms with E-state index in [4.69, 9.17) is 17.3 Å². The number of aromatic nitrogens is 4. The highest BCUT2D eigenvalue weighted by Crippen LogP contribution is 2.33. The zero-order valence-corrected chi connectivity index (χ0v) is 10.4. The molecule has 0 aliphatic rings. The van der Waals surface area contributed by atoms with Crippen LogP contribution in [-0.2, 0) is 6.18 Å². The zero-order chi connectivity index (χ0) is 14.2. The monoisotopic (exact) mass is 291 g/mol. The lowest BCUT2D eigenvalue weighted by Gasteiger charge is -2.12. The van der Waals surface area contributed by atoms with Crippen LogP contribution in [0.1, 0.15) is 24.4 Å². The van der Waals surface area contributed by atoms with E-state index in [2.05, 4.69) is 15.5 Å². The number of hydrogen-bond donors (Lipinski definition) is 1. The van der Waals surface area contributed by atoms with Gasteiger partial charge in [-0.05, 0) is 35.5 Å². The van der Waals surface area contributed by atoms with E-state index >= 15 is 0 Å². The smallest absolute Gasteiger partial charge is 0.321 e. The Hall–Kier alpha value is -1.67. The number of alkyl halides is 3. The van der Waals surface area contributed by atoms with E-state index in [0.717, 1.165) is 22.9 Å². The van der Waals surface area contributed by atoms with Gasteiger partial charge in [-0.1, -0.05) is 11.6 Å². The van der Waals surface area contributed by atoms with Crippen LogP contribution >= 0.6 is 11.6 Å². The molecule has 0 fully saturated rings. The van der Waals surface area contributed by atoms with Gasteiger partial charge >= 0.3 is 6.18 Å². The third-order valence-corrected chi connectivity index (χ3v) is 2.72. The van der Waals surface area contributed by atoms with Crippen molar-refractivity contribution in [1.82, 2.24) is 20.2 Å². The maximum absolute atomic E-state index is 12.7. The predicted octanol–water partition coefficient (Wildman–Crippen LogP) is 2.35. The van der Waals surface area contributed by atoms with E-state index < -0.39 is 17.8 Å². The Morgan fingerprint density at radius 3 is 2.63 bits per heavy atom. The van der Waals surface area contributed by atoms with Crippen LogP contribution in [0.3, 0.4) is 0 Å². The SMILES string of the molecule is CC(N)c1nnnn1-c1cc(C(F)(F)F)ccc1Cl. The van der Waals surface area contributed by atoms with Crippen molar-refractivity contribution in [2.24, 2.45) is 5.73 Å². The van der Waals surface area contributed by atoms with Crippen LogP contribution in [-0.4, -0.2) is 20.2 Å². The Bertz CT molecular complexity index is 593. The summed E-state index contributed by atoms with van der Waals surface area (Å²) in [6.45, 7) is 1.61. The molecule has 0 saturated carbocycles. The standard InChI is InChI=1S/C10H9ClF3N5/c1-5(15)9-16-17-18-19(9)8-4-6(10(12,13)14)2-3-7(8)11/h2-5H,15H2,1H3. The normalized spacial score (nSPS) is 13.6.